The number of imidazole rings is 1. The SMILES string of the molecule is COc1ccc(CN2C=[C+]N=C2)cc1Br.COc1ccc(Cn2ccnc2)cc1-c1ccc2nonc2c1.OB(O)c1ccc2nonc2c1. The van der Waals surface area contributed by atoms with Crippen LogP contribution in [-0.4, -0.2) is 72.8 Å². The molecular weight excluding hydrogens is 707 g/mol. The fourth-order valence-electron chi connectivity index (χ4n) is 4.93. The van der Waals surface area contributed by atoms with E-state index in [1.807, 2.05) is 64.3 Å². The Labute approximate surface area is 294 Å². The van der Waals surface area contributed by atoms with Crippen LogP contribution in [0.1, 0.15) is 11.1 Å². The van der Waals surface area contributed by atoms with Crippen LogP contribution >= 0.6 is 15.9 Å². The van der Waals surface area contributed by atoms with E-state index in [1.54, 1.807) is 45.2 Å². The minimum Gasteiger partial charge on any atom is -0.496 e. The third-order valence-electron chi connectivity index (χ3n) is 7.41. The van der Waals surface area contributed by atoms with Gasteiger partial charge in [-0.25, -0.2) is 19.1 Å². The van der Waals surface area contributed by atoms with Crippen molar-refractivity contribution in [3.63, 3.8) is 0 Å². The largest absolute Gasteiger partial charge is 0.496 e. The molecule has 1 aliphatic rings. The van der Waals surface area contributed by atoms with Gasteiger partial charge in [0.1, 0.15) is 33.6 Å². The van der Waals surface area contributed by atoms with Crippen LogP contribution in [0.25, 0.3) is 33.2 Å². The Kier molecular flexibility index (Phi) is 10.9. The molecule has 0 saturated carbocycles. The molecule has 0 fully saturated rings. The number of aliphatic imine (C=N–C) groups is 1. The Morgan fingerprint density at radius 2 is 1.46 bits per heavy atom. The lowest BCUT2D eigenvalue weighted by Crippen LogP contribution is -2.29. The molecule has 0 amide bonds. The van der Waals surface area contributed by atoms with Gasteiger partial charge < -0.3 is 24.1 Å². The second-order valence-corrected chi connectivity index (χ2v) is 11.6. The number of ether oxygens (including phenoxy) is 2. The maximum atomic E-state index is 8.80. The second kappa shape index (κ2) is 16.0. The van der Waals surface area contributed by atoms with Crippen LogP contribution < -0.4 is 14.9 Å². The third-order valence-corrected chi connectivity index (χ3v) is 8.03. The lowest BCUT2D eigenvalue weighted by Gasteiger charge is -2.11. The van der Waals surface area contributed by atoms with Crippen molar-refractivity contribution in [3.8, 4) is 22.6 Å². The van der Waals surface area contributed by atoms with Crippen LogP contribution in [0.15, 0.2) is 116 Å². The molecule has 0 unspecified atom stereocenters. The molecule has 2 N–H and O–H groups in total. The van der Waals surface area contributed by atoms with Crippen LogP contribution in [0.3, 0.4) is 0 Å². The molecule has 0 radical (unpaired) electrons. The maximum absolute atomic E-state index is 8.80. The highest BCUT2D eigenvalue weighted by Gasteiger charge is 2.13. The van der Waals surface area contributed by atoms with Gasteiger partial charge in [-0.2, -0.15) is 0 Å². The van der Waals surface area contributed by atoms with Crippen molar-refractivity contribution < 1.29 is 28.8 Å². The summed E-state index contributed by atoms with van der Waals surface area (Å²) in [5.41, 5.74) is 7.32. The summed E-state index contributed by atoms with van der Waals surface area (Å²) in [6, 6.07) is 22.7. The highest BCUT2D eigenvalue weighted by atomic mass is 79.9. The van der Waals surface area contributed by atoms with Crippen molar-refractivity contribution in [1.82, 2.24) is 35.1 Å². The molecule has 4 heterocycles. The standard InChI is InChI=1S/C17H14N4O2.C11H10BrN2O.C6H5BN2O3/c1-22-17-5-2-12(10-21-7-6-18-11-21)8-14(17)13-3-4-15-16(9-13)20-23-19-15;1-15-11-3-2-9(6-10(11)12)7-14-5-4-13-8-14;10-7(11)4-1-2-5-6(3-4)9-12-8-5/h2-9,11H,10H2,1H3;2-3,5-6,8H,7H2,1H3;1-3,10-11H/q;+1;. The van der Waals surface area contributed by atoms with E-state index >= 15 is 0 Å². The fraction of sp³-hybridized carbons (Fsp3) is 0.118. The van der Waals surface area contributed by atoms with Crippen LogP contribution in [-0.2, 0) is 13.1 Å². The van der Waals surface area contributed by atoms with Crippen molar-refractivity contribution >= 4 is 56.9 Å². The number of hydrogen-bond donors (Lipinski definition) is 2. The third kappa shape index (κ3) is 8.37. The normalized spacial score (nSPS) is 11.5. The van der Waals surface area contributed by atoms with Crippen molar-refractivity contribution in [2.75, 3.05) is 14.2 Å². The maximum Gasteiger partial charge on any atom is 0.488 e. The number of nitrogens with zero attached hydrogens (tertiary/aromatic N) is 8. The zero-order valence-electron chi connectivity index (χ0n) is 26.8. The molecule has 14 nitrogen and oxygen atoms in total. The van der Waals surface area contributed by atoms with Crippen molar-refractivity contribution in [2.24, 2.45) is 4.99 Å². The molecule has 8 rings (SSSR count). The van der Waals surface area contributed by atoms with E-state index in [0.717, 1.165) is 56.8 Å². The number of rotatable bonds is 8. The summed E-state index contributed by atoms with van der Waals surface area (Å²) in [5.74, 6) is 1.66. The van der Waals surface area contributed by atoms with Gasteiger partial charge in [0.05, 0.1) is 31.6 Å². The Bertz CT molecular complexity index is 2230. The summed E-state index contributed by atoms with van der Waals surface area (Å²) in [5, 5.41) is 32.5. The number of fused-ring (bicyclic) bond motifs is 2. The minimum absolute atomic E-state index is 0.373. The lowest BCUT2D eigenvalue weighted by atomic mass is 9.80. The van der Waals surface area contributed by atoms with Crippen LogP contribution in [0, 0.1) is 6.20 Å². The van der Waals surface area contributed by atoms with E-state index in [0.29, 0.717) is 16.5 Å². The zero-order chi connectivity index (χ0) is 34.9. The summed E-state index contributed by atoms with van der Waals surface area (Å²) >= 11 is 3.45. The first-order valence-electron chi connectivity index (χ1n) is 15.0. The number of hydrogen-bond acceptors (Lipinski definition) is 13. The molecule has 0 atom stereocenters. The van der Waals surface area contributed by atoms with Crippen molar-refractivity contribution in [1.29, 1.82) is 0 Å². The Morgan fingerprint density at radius 3 is 2.10 bits per heavy atom. The van der Waals surface area contributed by atoms with E-state index in [9.17, 15) is 0 Å². The molecule has 1 aliphatic heterocycles. The quantitative estimate of drug-likeness (QED) is 0.164. The number of benzene rings is 4. The molecule has 7 aromatic rings. The summed E-state index contributed by atoms with van der Waals surface area (Å²) in [7, 11) is 1.85. The molecule has 4 aromatic carbocycles. The average molecular weight is 736 g/mol. The smallest absolute Gasteiger partial charge is 0.488 e. The number of methoxy groups -OCH3 is 2. The summed E-state index contributed by atoms with van der Waals surface area (Å²) in [6.45, 7) is 1.55. The van der Waals surface area contributed by atoms with Gasteiger partial charge in [-0.1, -0.05) is 24.3 Å². The van der Waals surface area contributed by atoms with Gasteiger partial charge in [-0.05, 0) is 107 Å². The lowest BCUT2D eigenvalue weighted by molar-refractivity contribution is 0.315. The molecule has 250 valence electrons. The van der Waals surface area contributed by atoms with Gasteiger partial charge in [0, 0.05) is 29.5 Å². The van der Waals surface area contributed by atoms with Crippen LogP contribution in [0.5, 0.6) is 11.5 Å². The van der Waals surface area contributed by atoms with Crippen molar-refractivity contribution in [2.45, 2.75) is 13.1 Å². The fourth-order valence-corrected chi connectivity index (χ4v) is 5.52. The first-order valence-corrected chi connectivity index (χ1v) is 15.8. The monoisotopic (exact) mass is 735 g/mol. The number of aromatic nitrogens is 6. The Hall–Kier alpha value is -5.93. The van der Waals surface area contributed by atoms with Crippen LogP contribution in [0.2, 0.25) is 0 Å². The first kappa shape index (κ1) is 34.0. The van der Waals surface area contributed by atoms with Gasteiger partial charge in [0.2, 0.25) is 12.5 Å². The molecule has 50 heavy (non-hydrogen) atoms. The van der Waals surface area contributed by atoms with E-state index in [-0.39, 0.29) is 0 Å². The molecule has 3 aromatic heterocycles. The summed E-state index contributed by atoms with van der Waals surface area (Å²) in [6.07, 6.45) is 11.8. The first-order chi connectivity index (χ1) is 24.4. The molecule has 0 saturated heterocycles. The Balaban J connectivity index is 0.000000138. The van der Waals surface area contributed by atoms with Gasteiger partial charge in [-0.3, -0.25) is 0 Å². The topological polar surface area (TPSA) is 170 Å². The predicted molar refractivity (Wildman–Crippen MR) is 189 cm³/mol. The molecule has 0 bridgehead atoms. The summed E-state index contributed by atoms with van der Waals surface area (Å²) < 4.78 is 22.9. The molecule has 0 aliphatic carbocycles. The predicted octanol–water partition coefficient (Wildman–Crippen LogP) is 4.62. The highest BCUT2D eigenvalue weighted by Crippen LogP contribution is 2.32. The van der Waals surface area contributed by atoms with Crippen molar-refractivity contribution in [3.05, 3.63) is 120 Å². The van der Waals surface area contributed by atoms with Gasteiger partial charge >= 0.3 is 7.12 Å². The average Bonchev–Trinajstić information content (AvgIpc) is 3.97. The van der Waals surface area contributed by atoms with E-state index < -0.39 is 7.12 Å². The van der Waals surface area contributed by atoms with Gasteiger partial charge in [-0.15, -0.1) is 0 Å². The molecular formula is C34H29BBrN8O6+. The summed E-state index contributed by atoms with van der Waals surface area (Å²) in [4.78, 5) is 9.92. The highest BCUT2D eigenvalue weighted by molar-refractivity contribution is 9.10. The number of halogens is 1. The van der Waals surface area contributed by atoms with E-state index in [1.165, 1.54) is 11.6 Å². The molecule has 0 spiro atoms. The van der Waals surface area contributed by atoms with E-state index in [4.69, 9.17) is 24.2 Å². The minimum atomic E-state index is -1.48. The zero-order valence-corrected chi connectivity index (χ0v) is 28.4. The van der Waals surface area contributed by atoms with Gasteiger partial charge in [0.15, 0.2) is 6.20 Å². The Morgan fingerprint density at radius 1 is 0.780 bits per heavy atom. The van der Waals surface area contributed by atoms with Crippen LogP contribution in [0.4, 0.5) is 0 Å². The molecule has 16 heteroatoms. The second-order valence-electron chi connectivity index (χ2n) is 10.8. The van der Waals surface area contributed by atoms with Gasteiger partial charge in [0.25, 0.3) is 0 Å². The van der Waals surface area contributed by atoms with E-state index in [2.05, 4.69) is 69.5 Å².